The van der Waals surface area contributed by atoms with Gasteiger partial charge >= 0.3 is 5.97 Å². The number of hydrogen-bond donors (Lipinski definition) is 0. The van der Waals surface area contributed by atoms with E-state index >= 15 is 0 Å². The van der Waals surface area contributed by atoms with E-state index < -0.39 is 12.1 Å². The number of thioether (sulfide) groups is 1. The van der Waals surface area contributed by atoms with Gasteiger partial charge in [0.1, 0.15) is 0 Å². The van der Waals surface area contributed by atoms with Crippen LogP contribution < -0.4 is 0 Å². The maximum absolute atomic E-state index is 12.6. The van der Waals surface area contributed by atoms with Crippen LogP contribution in [0.1, 0.15) is 29.3 Å². The summed E-state index contributed by atoms with van der Waals surface area (Å²) in [5.41, 5.74) is 0.393. The number of amides is 1. The Hall–Kier alpha value is -2.65. The Morgan fingerprint density at radius 1 is 1.21 bits per heavy atom. The molecule has 28 heavy (non-hydrogen) atoms. The highest BCUT2D eigenvalue weighted by Crippen LogP contribution is 2.28. The maximum atomic E-state index is 12.6. The number of esters is 1. The predicted molar refractivity (Wildman–Crippen MR) is 107 cm³/mol. The monoisotopic (exact) mass is 417 g/mol. The molecule has 0 saturated heterocycles. The van der Waals surface area contributed by atoms with Crippen LogP contribution in [-0.4, -0.2) is 46.8 Å². The fourth-order valence-electron chi connectivity index (χ4n) is 2.20. The van der Waals surface area contributed by atoms with E-state index in [4.69, 9.17) is 9.15 Å². The fourth-order valence-corrected chi connectivity index (χ4v) is 3.87. The van der Waals surface area contributed by atoms with Crippen LogP contribution in [-0.2, 0) is 9.53 Å². The van der Waals surface area contributed by atoms with Crippen molar-refractivity contribution in [2.75, 3.05) is 19.8 Å². The van der Waals surface area contributed by atoms with Crippen LogP contribution in [0.25, 0.3) is 10.8 Å². The normalized spacial score (nSPS) is 11.8. The van der Waals surface area contributed by atoms with Crippen molar-refractivity contribution in [3.8, 4) is 10.8 Å². The average molecular weight is 418 g/mol. The van der Waals surface area contributed by atoms with Crippen LogP contribution >= 0.6 is 23.1 Å². The van der Waals surface area contributed by atoms with Gasteiger partial charge in [0.2, 0.25) is 5.91 Å². The van der Waals surface area contributed by atoms with Crippen molar-refractivity contribution in [1.29, 1.82) is 0 Å². The van der Waals surface area contributed by atoms with Crippen molar-refractivity contribution in [1.82, 2.24) is 15.1 Å². The first-order chi connectivity index (χ1) is 13.5. The number of carbonyl (C=O) groups excluding carboxylic acids is 2. The number of hydrogen-bond acceptors (Lipinski definition) is 8. The zero-order valence-electron chi connectivity index (χ0n) is 15.6. The third kappa shape index (κ3) is 4.79. The third-order valence-electron chi connectivity index (χ3n) is 3.76. The zero-order chi connectivity index (χ0) is 20.1. The van der Waals surface area contributed by atoms with Gasteiger partial charge in [-0.15, -0.1) is 33.3 Å². The van der Waals surface area contributed by atoms with Crippen LogP contribution in [0, 0.1) is 0 Å². The van der Waals surface area contributed by atoms with Crippen molar-refractivity contribution >= 4 is 35.0 Å². The molecule has 1 amide bonds. The largest absolute Gasteiger partial charge is 0.449 e. The summed E-state index contributed by atoms with van der Waals surface area (Å²) in [6.07, 6.45) is -0.699. The second-order valence-electron chi connectivity index (χ2n) is 6.04. The molecule has 3 rings (SSSR count). The van der Waals surface area contributed by atoms with Gasteiger partial charge < -0.3 is 14.1 Å². The first-order valence-electron chi connectivity index (χ1n) is 8.46. The second-order valence-corrected chi connectivity index (χ2v) is 8.01. The molecule has 1 atom stereocenters. The number of aromatic nitrogens is 2. The van der Waals surface area contributed by atoms with Crippen LogP contribution in [0.15, 0.2) is 51.1 Å². The Morgan fingerprint density at radius 2 is 2.00 bits per heavy atom. The average Bonchev–Trinajstić information content (AvgIpc) is 3.37. The highest BCUT2D eigenvalue weighted by atomic mass is 32.2. The Morgan fingerprint density at radius 3 is 2.71 bits per heavy atom. The van der Waals surface area contributed by atoms with Crippen molar-refractivity contribution in [2.45, 2.75) is 17.9 Å². The first kappa shape index (κ1) is 20.1. The van der Waals surface area contributed by atoms with Gasteiger partial charge in [-0.25, -0.2) is 4.79 Å². The summed E-state index contributed by atoms with van der Waals surface area (Å²) < 4.78 is 11.1. The summed E-state index contributed by atoms with van der Waals surface area (Å²) in [7, 11) is 3.39. The van der Waals surface area contributed by atoms with Gasteiger partial charge in [0, 0.05) is 19.0 Å². The zero-order valence-corrected chi connectivity index (χ0v) is 17.3. The minimum absolute atomic E-state index is 0.0338. The van der Waals surface area contributed by atoms with Gasteiger partial charge in [0.25, 0.3) is 11.8 Å². The molecule has 0 N–H and O–H groups in total. The number of ether oxygens (including phenoxy) is 1. The molecule has 0 bridgehead atoms. The lowest BCUT2D eigenvalue weighted by Gasteiger charge is -2.13. The predicted octanol–water partition coefficient (Wildman–Crippen LogP) is 3.90. The lowest BCUT2D eigenvalue weighted by Crippen LogP contribution is -2.23. The lowest BCUT2D eigenvalue weighted by molar-refractivity contribution is -0.125. The molecule has 146 valence electrons. The van der Waals surface area contributed by atoms with Gasteiger partial charge in [0.15, 0.2) is 6.10 Å². The van der Waals surface area contributed by atoms with E-state index in [-0.39, 0.29) is 17.6 Å². The number of rotatable bonds is 7. The highest BCUT2D eigenvalue weighted by molar-refractivity contribution is 8.00. The van der Waals surface area contributed by atoms with E-state index in [0.717, 1.165) is 4.88 Å². The first-order valence-corrected chi connectivity index (χ1v) is 10.3. The smallest absolute Gasteiger partial charge is 0.340 e. The number of thiophene rings is 1. The summed E-state index contributed by atoms with van der Waals surface area (Å²) in [4.78, 5) is 27.5. The summed E-state index contributed by atoms with van der Waals surface area (Å²) >= 11 is 2.78. The van der Waals surface area contributed by atoms with Crippen molar-refractivity contribution < 1.29 is 18.7 Å². The van der Waals surface area contributed by atoms with Crippen LogP contribution in [0.2, 0.25) is 0 Å². The quantitative estimate of drug-likeness (QED) is 0.426. The Labute approximate surface area is 170 Å². The molecular formula is C19H19N3O4S2. The van der Waals surface area contributed by atoms with E-state index in [1.165, 1.54) is 28.0 Å². The standard InChI is InChI=1S/C19H19N3O4S2/c1-12(17-20-21-18(26-17)15-9-6-10-27-15)25-19(24)13-7-4-5-8-14(13)28-11-16(23)22(2)3/h4-10,12H,11H2,1-3H3/t12-/m0/s1. The Bertz CT molecular complexity index is 954. The molecule has 0 unspecified atom stereocenters. The van der Waals surface area contributed by atoms with Gasteiger partial charge in [-0.2, -0.15) is 0 Å². The molecule has 0 aliphatic heterocycles. The molecule has 3 aromatic rings. The molecule has 7 nitrogen and oxygen atoms in total. The number of nitrogens with zero attached hydrogens (tertiary/aromatic N) is 3. The van der Waals surface area contributed by atoms with E-state index in [1.807, 2.05) is 23.6 Å². The maximum Gasteiger partial charge on any atom is 0.340 e. The number of benzene rings is 1. The third-order valence-corrected chi connectivity index (χ3v) is 5.68. The molecule has 0 fully saturated rings. The SMILES string of the molecule is C[C@H](OC(=O)c1ccccc1SCC(=O)N(C)C)c1nnc(-c2cccs2)o1. The molecule has 9 heteroatoms. The summed E-state index contributed by atoms with van der Waals surface area (Å²) in [5.74, 6) is 0.314. The molecular weight excluding hydrogens is 398 g/mol. The van der Waals surface area contributed by atoms with Crippen molar-refractivity contribution in [3.05, 3.63) is 53.2 Å². The summed E-state index contributed by atoms with van der Waals surface area (Å²) in [5, 5.41) is 9.89. The van der Waals surface area contributed by atoms with Crippen LogP contribution in [0.4, 0.5) is 0 Å². The topological polar surface area (TPSA) is 85.5 Å². The van der Waals surface area contributed by atoms with Gasteiger partial charge in [-0.05, 0) is 30.5 Å². The molecule has 2 aromatic heterocycles. The molecule has 0 spiro atoms. The second kappa shape index (κ2) is 9.03. The molecule has 0 aliphatic carbocycles. The molecule has 1 aromatic carbocycles. The summed E-state index contributed by atoms with van der Waals surface area (Å²) in [6.45, 7) is 1.68. The van der Waals surface area contributed by atoms with Crippen molar-refractivity contribution in [2.24, 2.45) is 0 Å². The highest BCUT2D eigenvalue weighted by Gasteiger charge is 2.22. The van der Waals surface area contributed by atoms with Crippen molar-refractivity contribution in [3.63, 3.8) is 0 Å². The van der Waals surface area contributed by atoms with Gasteiger partial charge in [-0.1, -0.05) is 18.2 Å². The van der Waals surface area contributed by atoms with E-state index in [0.29, 0.717) is 16.3 Å². The Kier molecular flexibility index (Phi) is 6.48. The van der Waals surface area contributed by atoms with E-state index in [2.05, 4.69) is 10.2 Å². The van der Waals surface area contributed by atoms with E-state index in [9.17, 15) is 9.59 Å². The minimum Gasteiger partial charge on any atom is -0.449 e. The molecule has 0 radical (unpaired) electrons. The lowest BCUT2D eigenvalue weighted by atomic mass is 10.2. The summed E-state index contributed by atoms with van der Waals surface area (Å²) in [6, 6.07) is 10.8. The molecule has 0 aliphatic rings. The van der Waals surface area contributed by atoms with Crippen LogP contribution in [0.3, 0.4) is 0 Å². The molecule has 0 saturated carbocycles. The molecule has 2 heterocycles. The van der Waals surface area contributed by atoms with Crippen LogP contribution in [0.5, 0.6) is 0 Å². The fraction of sp³-hybridized carbons (Fsp3) is 0.263. The Balaban J connectivity index is 1.68. The van der Waals surface area contributed by atoms with E-state index in [1.54, 1.807) is 39.2 Å². The minimum atomic E-state index is -0.699. The van der Waals surface area contributed by atoms with Gasteiger partial charge in [-0.3, -0.25) is 4.79 Å². The number of carbonyl (C=O) groups is 2. The van der Waals surface area contributed by atoms with Gasteiger partial charge in [0.05, 0.1) is 16.2 Å².